The minimum Gasteiger partial charge on any atom is -0.385 e. The van der Waals surface area contributed by atoms with Crippen LogP contribution in [0.1, 0.15) is 24.0 Å². The van der Waals surface area contributed by atoms with E-state index in [1.54, 1.807) is 19.0 Å². The fourth-order valence-corrected chi connectivity index (χ4v) is 1.77. The quantitative estimate of drug-likeness (QED) is 0.794. The molecule has 17 heavy (non-hydrogen) atoms. The molecule has 3 heteroatoms. The summed E-state index contributed by atoms with van der Waals surface area (Å²) in [4.78, 5) is 13.0. The van der Waals surface area contributed by atoms with Crippen LogP contribution >= 0.6 is 0 Å². The molecule has 0 atom stereocenters. The third-order valence-electron chi connectivity index (χ3n) is 2.85. The summed E-state index contributed by atoms with van der Waals surface area (Å²) in [5, 5.41) is 3.40. The standard InChI is InChI=1S/C14H22N2O/c1-11-7-5-8-12(2)14(11)15-10-6-9-13(17)16(3)4/h5,7-8,15H,6,9-10H2,1-4H3. The lowest BCUT2D eigenvalue weighted by molar-refractivity contribution is -0.128. The van der Waals surface area contributed by atoms with Crippen molar-refractivity contribution in [2.24, 2.45) is 0 Å². The molecule has 1 N–H and O–H groups in total. The number of nitrogens with zero attached hydrogens (tertiary/aromatic N) is 1. The molecule has 0 heterocycles. The van der Waals surface area contributed by atoms with Gasteiger partial charge < -0.3 is 10.2 Å². The molecular weight excluding hydrogens is 212 g/mol. The molecule has 0 aliphatic rings. The number of hydrogen-bond acceptors (Lipinski definition) is 2. The van der Waals surface area contributed by atoms with Crippen molar-refractivity contribution in [1.29, 1.82) is 0 Å². The Morgan fingerprint density at radius 1 is 1.24 bits per heavy atom. The largest absolute Gasteiger partial charge is 0.385 e. The normalized spacial score (nSPS) is 10.1. The van der Waals surface area contributed by atoms with Gasteiger partial charge in [0, 0.05) is 32.7 Å². The summed E-state index contributed by atoms with van der Waals surface area (Å²) in [5.74, 6) is 0.188. The van der Waals surface area contributed by atoms with Crippen molar-refractivity contribution in [3.63, 3.8) is 0 Å². The summed E-state index contributed by atoms with van der Waals surface area (Å²) < 4.78 is 0. The van der Waals surface area contributed by atoms with E-state index in [1.807, 2.05) is 0 Å². The number of nitrogens with one attached hydrogen (secondary N) is 1. The fourth-order valence-electron chi connectivity index (χ4n) is 1.77. The summed E-state index contributed by atoms with van der Waals surface area (Å²) in [5.41, 5.74) is 3.71. The van der Waals surface area contributed by atoms with Gasteiger partial charge in [0.1, 0.15) is 0 Å². The predicted octanol–water partition coefficient (Wildman–Crippen LogP) is 2.58. The highest BCUT2D eigenvalue weighted by molar-refractivity contribution is 5.75. The zero-order valence-corrected chi connectivity index (χ0v) is 11.2. The van der Waals surface area contributed by atoms with E-state index in [-0.39, 0.29) is 5.91 Å². The Hall–Kier alpha value is -1.51. The molecule has 0 saturated carbocycles. The SMILES string of the molecule is Cc1cccc(C)c1NCCCC(=O)N(C)C. The zero-order chi connectivity index (χ0) is 12.8. The van der Waals surface area contributed by atoms with Gasteiger partial charge in [-0.1, -0.05) is 18.2 Å². The van der Waals surface area contributed by atoms with Gasteiger partial charge in [-0.3, -0.25) is 4.79 Å². The van der Waals surface area contributed by atoms with Crippen molar-refractivity contribution in [1.82, 2.24) is 4.90 Å². The van der Waals surface area contributed by atoms with Gasteiger partial charge in [0.25, 0.3) is 0 Å². The number of benzene rings is 1. The van der Waals surface area contributed by atoms with Crippen LogP contribution < -0.4 is 5.32 Å². The molecule has 0 unspecified atom stereocenters. The maximum Gasteiger partial charge on any atom is 0.222 e. The molecule has 0 saturated heterocycles. The van der Waals surface area contributed by atoms with Crippen LogP contribution in [0.5, 0.6) is 0 Å². The highest BCUT2D eigenvalue weighted by Gasteiger charge is 2.04. The number of aryl methyl sites for hydroxylation is 2. The third-order valence-corrected chi connectivity index (χ3v) is 2.85. The van der Waals surface area contributed by atoms with E-state index in [9.17, 15) is 4.79 Å². The van der Waals surface area contributed by atoms with E-state index in [0.29, 0.717) is 6.42 Å². The maximum atomic E-state index is 11.4. The Kier molecular flexibility index (Phi) is 5.01. The molecule has 0 bridgehead atoms. The Labute approximate surface area is 104 Å². The van der Waals surface area contributed by atoms with E-state index in [2.05, 4.69) is 37.4 Å². The lowest BCUT2D eigenvalue weighted by Gasteiger charge is -2.13. The first-order chi connectivity index (χ1) is 8.02. The molecule has 0 aliphatic heterocycles. The van der Waals surface area contributed by atoms with E-state index in [4.69, 9.17) is 0 Å². The summed E-state index contributed by atoms with van der Waals surface area (Å²) in [6, 6.07) is 6.26. The lowest BCUT2D eigenvalue weighted by Crippen LogP contribution is -2.22. The topological polar surface area (TPSA) is 32.3 Å². The molecule has 0 radical (unpaired) electrons. The average molecular weight is 234 g/mol. The number of carbonyl (C=O) groups is 1. The number of anilines is 1. The molecule has 3 nitrogen and oxygen atoms in total. The Balaban J connectivity index is 2.39. The van der Waals surface area contributed by atoms with E-state index in [1.165, 1.54) is 16.8 Å². The Bertz CT molecular complexity index is 366. The van der Waals surface area contributed by atoms with Gasteiger partial charge in [0.2, 0.25) is 5.91 Å². The molecule has 0 spiro atoms. The first kappa shape index (κ1) is 13.6. The Morgan fingerprint density at radius 3 is 2.35 bits per heavy atom. The predicted molar refractivity (Wildman–Crippen MR) is 72.3 cm³/mol. The fraction of sp³-hybridized carbons (Fsp3) is 0.500. The van der Waals surface area contributed by atoms with Crippen LogP contribution in [0.2, 0.25) is 0 Å². The van der Waals surface area contributed by atoms with Crippen molar-refractivity contribution in [2.45, 2.75) is 26.7 Å². The van der Waals surface area contributed by atoms with Gasteiger partial charge in [-0.15, -0.1) is 0 Å². The highest BCUT2D eigenvalue weighted by Crippen LogP contribution is 2.19. The smallest absolute Gasteiger partial charge is 0.222 e. The van der Waals surface area contributed by atoms with Crippen molar-refractivity contribution in [3.8, 4) is 0 Å². The minimum absolute atomic E-state index is 0.188. The lowest BCUT2D eigenvalue weighted by atomic mass is 10.1. The average Bonchev–Trinajstić information content (AvgIpc) is 2.27. The van der Waals surface area contributed by atoms with Crippen LogP contribution in [0.15, 0.2) is 18.2 Å². The monoisotopic (exact) mass is 234 g/mol. The first-order valence-corrected chi connectivity index (χ1v) is 6.02. The van der Waals surface area contributed by atoms with Crippen LogP contribution in [-0.4, -0.2) is 31.4 Å². The van der Waals surface area contributed by atoms with Crippen LogP contribution in [0, 0.1) is 13.8 Å². The summed E-state index contributed by atoms with van der Waals surface area (Å²) in [6.07, 6.45) is 1.47. The summed E-state index contributed by atoms with van der Waals surface area (Å²) >= 11 is 0. The highest BCUT2D eigenvalue weighted by atomic mass is 16.2. The molecule has 0 aliphatic carbocycles. The van der Waals surface area contributed by atoms with Gasteiger partial charge in [0.05, 0.1) is 0 Å². The summed E-state index contributed by atoms with van der Waals surface area (Å²) in [7, 11) is 3.59. The molecule has 1 aromatic rings. The maximum absolute atomic E-state index is 11.4. The number of amides is 1. The van der Waals surface area contributed by atoms with Crippen LogP contribution in [0.25, 0.3) is 0 Å². The van der Waals surface area contributed by atoms with Gasteiger partial charge in [0.15, 0.2) is 0 Å². The van der Waals surface area contributed by atoms with Crippen molar-refractivity contribution >= 4 is 11.6 Å². The first-order valence-electron chi connectivity index (χ1n) is 6.02. The molecule has 1 rings (SSSR count). The van der Waals surface area contributed by atoms with Crippen LogP contribution in [0.3, 0.4) is 0 Å². The number of hydrogen-bond donors (Lipinski definition) is 1. The van der Waals surface area contributed by atoms with Crippen LogP contribution in [0.4, 0.5) is 5.69 Å². The second-order valence-electron chi connectivity index (χ2n) is 4.59. The number of carbonyl (C=O) groups excluding carboxylic acids is 1. The summed E-state index contributed by atoms with van der Waals surface area (Å²) in [6.45, 7) is 5.03. The molecule has 0 fully saturated rings. The van der Waals surface area contributed by atoms with Gasteiger partial charge in [-0.05, 0) is 31.4 Å². The van der Waals surface area contributed by atoms with E-state index in [0.717, 1.165) is 13.0 Å². The minimum atomic E-state index is 0.188. The zero-order valence-electron chi connectivity index (χ0n) is 11.2. The van der Waals surface area contributed by atoms with Crippen LogP contribution in [-0.2, 0) is 4.79 Å². The molecule has 1 amide bonds. The Morgan fingerprint density at radius 2 is 1.82 bits per heavy atom. The molecule has 0 aromatic heterocycles. The number of rotatable bonds is 5. The molecule has 94 valence electrons. The second kappa shape index (κ2) is 6.28. The molecule has 1 aromatic carbocycles. The third kappa shape index (κ3) is 4.10. The number of para-hydroxylation sites is 1. The molecular formula is C14H22N2O. The van der Waals surface area contributed by atoms with Gasteiger partial charge in [-0.2, -0.15) is 0 Å². The second-order valence-corrected chi connectivity index (χ2v) is 4.59. The van der Waals surface area contributed by atoms with E-state index < -0.39 is 0 Å². The van der Waals surface area contributed by atoms with Gasteiger partial charge in [-0.25, -0.2) is 0 Å². The van der Waals surface area contributed by atoms with E-state index >= 15 is 0 Å². The van der Waals surface area contributed by atoms with Crippen molar-refractivity contribution in [2.75, 3.05) is 26.0 Å². The van der Waals surface area contributed by atoms with Crippen molar-refractivity contribution < 1.29 is 4.79 Å². The van der Waals surface area contributed by atoms with Gasteiger partial charge >= 0.3 is 0 Å². The van der Waals surface area contributed by atoms with Crippen molar-refractivity contribution in [3.05, 3.63) is 29.3 Å².